The van der Waals surface area contributed by atoms with Crippen LogP contribution in [-0.2, 0) is 5.41 Å². The third-order valence-corrected chi connectivity index (χ3v) is 6.85. The molecule has 0 spiro atoms. The molecule has 33 heavy (non-hydrogen) atoms. The Bertz CT molecular complexity index is 1170. The fraction of sp³-hybridized carbons (Fsp3) is 0.379. The fourth-order valence-corrected chi connectivity index (χ4v) is 4.69. The molecule has 1 fully saturated rings. The van der Waals surface area contributed by atoms with Crippen LogP contribution in [0.2, 0.25) is 5.02 Å². The lowest BCUT2D eigenvalue weighted by Gasteiger charge is -2.30. The zero-order valence-electron chi connectivity index (χ0n) is 20.3. The van der Waals surface area contributed by atoms with Crippen LogP contribution in [0.3, 0.4) is 0 Å². The van der Waals surface area contributed by atoms with Crippen molar-refractivity contribution in [2.45, 2.75) is 52.9 Å². The third-order valence-electron chi connectivity index (χ3n) is 6.54. The van der Waals surface area contributed by atoms with E-state index in [1.807, 2.05) is 29.3 Å². The van der Waals surface area contributed by atoms with Crippen LogP contribution in [0.1, 0.15) is 62.2 Å². The first-order chi connectivity index (χ1) is 15.6. The van der Waals surface area contributed by atoms with Gasteiger partial charge in [-0.2, -0.15) is 0 Å². The van der Waals surface area contributed by atoms with Crippen molar-refractivity contribution in [3.63, 3.8) is 0 Å². The van der Waals surface area contributed by atoms with E-state index in [4.69, 9.17) is 11.6 Å². The zero-order chi connectivity index (χ0) is 23.8. The summed E-state index contributed by atoms with van der Waals surface area (Å²) in [5.74, 6) is 0.766. The third kappa shape index (κ3) is 5.30. The Morgan fingerprint density at radius 2 is 1.67 bits per heavy atom. The summed E-state index contributed by atoms with van der Waals surface area (Å²) < 4.78 is 0. The van der Waals surface area contributed by atoms with Crippen LogP contribution >= 0.6 is 11.6 Å². The quantitative estimate of drug-likeness (QED) is 0.404. The van der Waals surface area contributed by atoms with Gasteiger partial charge < -0.3 is 4.90 Å². The largest absolute Gasteiger partial charge is 0.339 e. The number of piperidine rings is 1. The van der Waals surface area contributed by atoms with Gasteiger partial charge in [-0.1, -0.05) is 57.5 Å². The molecule has 0 saturated carbocycles. The number of nitrogens with zero attached hydrogens (tertiary/aromatic N) is 2. The molecule has 4 rings (SSSR count). The van der Waals surface area contributed by atoms with Gasteiger partial charge >= 0.3 is 0 Å². The number of halogens is 1. The van der Waals surface area contributed by atoms with Crippen molar-refractivity contribution in [1.82, 2.24) is 9.88 Å². The Kier molecular flexibility index (Phi) is 6.63. The van der Waals surface area contributed by atoms with Crippen molar-refractivity contribution in [2.75, 3.05) is 13.1 Å². The van der Waals surface area contributed by atoms with Gasteiger partial charge in [-0.3, -0.25) is 9.78 Å². The number of benzene rings is 2. The van der Waals surface area contributed by atoms with Crippen LogP contribution in [0.15, 0.2) is 54.7 Å². The van der Waals surface area contributed by atoms with Gasteiger partial charge in [0, 0.05) is 46.5 Å². The lowest BCUT2D eigenvalue weighted by molar-refractivity contribution is 0.0697. The van der Waals surface area contributed by atoms with Crippen molar-refractivity contribution in [2.24, 2.45) is 5.92 Å². The number of amides is 1. The van der Waals surface area contributed by atoms with E-state index in [-0.39, 0.29) is 11.3 Å². The van der Waals surface area contributed by atoms with Gasteiger partial charge in [0.1, 0.15) is 0 Å². The van der Waals surface area contributed by atoms with Crippen LogP contribution in [0.25, 0.3) is 22.3 Å². The van der Waals surface area contributed by atoms with Gasteiger partial charge in [0.2, 0.25) is 0 Å². The molecule has 1 aromatic heterocycles. The molecule has 0 aliphatic carbocycles. The molecule has 172 valence electrons. The van der Waals surface area contributed by atoms with Crippen molar-refractivity contribution in [3.05, 3.63) is 76.6 Å². The molecule has 2 heterocycles. The summed E-state index contributed by atoms with van der Waals surface area (Å²) in [7, 11) is 0. The first-order valence-electron chi connectivity index (χ1n) is 11.8. The van der Waals surface area contributed by atoms with Gasteiger partial charge in [-0.05, 0) is 78.3 Å². The van der Waals surface area contributed by atoms with E-state index in [0.29, 0.717) is 16.5 Å². The molecule has 0 N–H and O–H groups in total. The van der Waals surface area contributed by atoms with E-state index >= 15 is 0 Å². The molecule has 2 aromatic carbocycles. The van der Waals surface area contributed by atoms with Crippen LogP contribution in [0.5, 0.6) is 0 Å². The lowest BCUT2D eigenvalue weighted by Crippen LogP contribution is -2.37. The van der Waals surface area contributed by atoms with Gasteiger partial charge in [-0.25, -0.2) is 0 Å². The molecule has 1 aliphatic heterocycles. The summed E-state index contributed by atoms with van der Waals surface area (Å²) in [4.78, 5) is 19.5. The van der Waals surface area contributed by atoms with E-state index in [0.717, 1.165) is 59.4 Å². The number of aromatic nitrogens is 1. The number of hydrogen-bond donors (Lipinski definition) is 0. The van der Waals surface area contributed by atoms with Crippen molar-refractivity contribution in [3.8, 4) is 22.3 Å². The average molecular weight is 461 g/mol. The van der Waals surface area contributed by atoms with Crippen LogP contribution < -0.4 is 0 Å². The molecule has 0 atom stereocenters. The Balaban J connectivity index is 1.65. The van der Waals surface area contributed by atoms with Crippen LogP contribution in [0, 0.1) is 12.8 Å². The summed E-state index contributed by atoms with van der Waals surface area (Å²) in [6.45, 7) is 12.5. The van der Waals surface area contributed by atoms with Crippen molar-refractivity contribution < 1.29 is 4.79 Å². The molecule has 3 nitrogen and oxygen atoms in total. The maximum atomic E-state index is 13.0. The number of hydrogen-bond acceptors (Lipinski definition) is 2. The minimum absolute atomic E-state index is 0.0132. The summed E-state index contributed by atoms with van der Waals surface area (Å²) in [6, 6.07) is 16.4. The molecule has 3 aromatic rings. The second-order valence-electron chi connectivity index (χ2n) is 10.4. The van der Waals surface area contributed by atoms with E-state index in [2.05, 4.69) is 69.9 Å². The minimum atomic E-state index is -0.0132. The molecule has 1 saturated heterocycles. The van der Waals surface area contributed by atoms with Gasteiger partial charge in [-0.15, -0.1) is 0 Å². The summed E-state index contributed by atoms with van der Waals surface area (Å²) in [6.07, 6.45) is 4.01. The molecule has 0 unspecified atom stereocenters. The first kappa shape index (κ1) is 23.5. The average Bonchev–Trinajstić information content (AvgIpc) is 2.78. The summed E-state index contributed by atoms with van der Waals surface area (Å²) in [5, 5.41) is 0.605. The topological polar surface area (TPSA) is 33.2 Å². The van der Waals surface area contributed by atoms with Crippen LogP contribution in [0.4, 0.5) is 0 Å². The Morgan fingerprint density at radius 3 is 2.33 bits per heavy atom. The molecule has 1 amide bonds. The minimum Gasteiger partial charge on any atom is -0.339 e. The second-order valence-corrected chi connectivity index (χ2v) is 10.8. The van der Waals surface area contributed by atoms with E-state index in [9.17, 15) is 4.79 Å². The fourth-order valence-electron chi connectivity index (χ4n) is 4.40. The Morgan fingerprint density at radius 1 is 0.970 bits per heavy atom. The molecule has 1 aliphatic rings. The number of pyridine rings is 1. The van der Waals surface area contributed by atoms with Gasteiger partial charge in [0.25, 0.3) is 5.91 Å². The van der Waals surface area contributed by atoms with E-state index < -0.39 is 0 Å². The lowest BCUT2D eigenvalue weighted by atomic mass is 9.89. The molecule has 0 radical (unpaired) electrons. The maximum absolute atomic E-state index is 13.0. The summed E-state index contributed by atoms with van der Waals surface area (Å²) in [5.41, 5.74) is 7.14. The highest BCUT2D eigenvalue weighted by Gasteiger charge is 2.22. The number of aryl methyl sites for hydroxylation is 1. The molecule has 4 heteroatoms. The standard InChI is InChI=1S/C29H33ClN2O/c1-19-9-12-32(13-10-19)28(33)22-6-7-25(26(30)17-22)24-15-20(2)14-23(16-24)21-8-11-31-27(18-21)29(3,4)5/h6-8,11,14-19H,9-10,12-13H2,1-5H3. The van der Waals surface area contributed by atoms with Gasteiger partial charge in [0.05, 0.1) is 0 Å². The normalized spacial score (nSPS) is 15.0. The second kappa shape index (κ2) is 9.30. The smallest absolute Gasteiger partial charge is 0.253 e. The number of rotatable bonds is 3. The molecule has 0 bridgehead atoms. The number of carbonyl (C=O) groups excluding carboxylic acids is 1. The predicted molar refractivity (Wildman–Crippen MR) is 138 cm³/mol. The highest BCUT2D eigenvalue weighted by Crippen LogP contribution is 2.34. The predicted octanol–water partition coefficient (Wildman–Crippen LogP) is 7.55. The Labute approximate surface area is 202 Å². The monoisotopic (exact) mass is 460 g/mol. The van der Waals surface area contributed by atoms with Crippen molar-refractivity contribution in [1.29, 1.82) is 0 Å². The van der Waals surface area contributed by atoms with E-state index in [1.54, 1.807) is 0 Å². The zero-order valence-corrected chi connectivity index (χ0v) is 21.0. The molecular formula is C29H33ClN2O. The van der Waals surface area contributed by atoms with E-state index in [1.165, 1.54) is 0 Å². The number of likely N-dealkylation sites (tertiary alicyclic amines) is 1. The first-order valence-corrected chi connectivity index (χ1v) is 12.2. The van der Waals surface area contributed by atoms with Crippen molar-refractivity contribution >= 4 is 17.5 Å². The van der Waals surface area contributed by atoms with Crippen LogP contribution in [-0.4, -0.2) is 28.9 Å². The maximum Gasteiger partial charge on any atom is 0.253 e. The highest BCUT2D eigenvalue weighted by atomic mass is 35.5. The SMILES string of the molecule is Cc1cc(-c2ccnc(C(C)(C)C)c2)cc(-c2ccc(C(=O)N3CCC(C)CC3)cc2Cl)c1. The van der Waals surface area contributed by atoms with Gasteiger partial charge in [0.15, 0.2) is 0 Å². The summed E-state index contributed by atoms with van der Waals surface area (Å²) >= 11 is 6.73. The Hall–Kier alpha value is -2.65. The number of carbonyl (C=O) groups is 1. The molecular weight excluding hydrogens is 428 g/mol. The highest BCUT2D eigenvalue weighted by molar-refractivity contribution is 6.33.